The molecular formula is C14H6F24O. The lowest BCUT2D eigenvalue weighted by Gasteiger charge is -2.41. The molecule has 0 spiro atoms. The van der Waals surface area contributed by atoms with E-state index in [2.05, 4.69) is 4.74 Å². The summed E-state index contributed by atoms with van der Waals surface area (Å²) in [6.07, 6.45) is -60.0. The van der Waals surface area contributed by atoms with Crippen LogP contribution in [-0.4, -0.2) is 85.3 Å². The Labute approximate surface area is 197 Å². The molecule has 0 radical (unpaired) electrons. The third-order valence-electron chi connectivity index (χ3n) is 4.72. The van der Waals surface area contributed by atoms with E-state index in [0.717, 1.165) is 0 Å². The van der Waals surface area contributed by atoms with Gasteiger partial charge in [-0.3, -0.25) is 0 Å². The molecule has 0 aromatic carbocycles. The van der Waals surface area contributed by atoms with Crippen molar-refractivity contribution in [1.29, 1.82) is 0 Å². The fourth-order valence-corrected chi connectivity index (χ4v) is 2.47. The van der Waals surface area contributed by atoms with Gasteiger partial charge in [0.05, 0.1) is 13.2 Å². The SMILES string of the molecule is FC(C(F)(COCC(F)(C(F)C(F)(C(F)(F)F)C(F)(F)F)C(F)(F)F)C(F)(F)F)C(F)(C(F)(F)F)C(F)(F)F. The van der Waals surface area contributed by atoms with Crippen LogP contribution in [0.1, 0.15) is 0 Å². The molecule has 4 atom stereocenters. The Morgan fingerprint density at radius 1 is 0.333 bits per heavy atom. The number of rotatable bonds is 8. The summed E-state index contributed by atoms with van der Waals surface area (Å²) in [7, 11) is 0. The zero-order chi connectivity index (χ0) is 32.3. The van der Waals surface area contributed by atoms with Gasteiger partial charge in [-0.2, -0.15) is 79.0 Å². The third kappa shape index (κ3) is 6.00. The molecule has 0 saturated carbocycles. The van der Waals surface area contributed by atoms with Crippen molar-refractivity contribution >= 4 is 0 Å². The van der Waals surface area contributed by atoms with Gasteiger partial charge in [-0.1, -0.05) is 0 Å². The molecule has 0 aromatic rings. The van der Waals surface area contributed by atoms with Crippen molar-refractivity contribution in [2.45, 2.75) is 72.1 Å². The maximum atomic E-state index is 14.1. The summed E-state index contributed by atoms with van der Waals surface area (Å²) in [5.74, 6) is 0. The summed E-state index contributed by atoms with van der Waals surface area (Å²) in [6, 6.07) is 0. The van der Waals surface area contributed by atoms with Gasteiger partial charge in [0.15, 0.2) is 12.3 Å². The molecule has 39 heavy (non-hydrogen) atoms. The Morgan fingerprint density at radius 2 is 0.513 bits per heavy atom. The summed E-state index contributed by atoms with van der Waals surface area (Å²) >= 11 is 0. The Kier molecular flexibility index (Phi) is 9.54. The first-order valence-electron chi connectivity index (χ1n) is 8.53. The van der Waals surface area contributed by atoms with Crippen LogP contribution in [0.25, 0.3) is 0 Å². The van der Waals surface area contributed by atoms with Crippen LogP contribution in [-0.2, 0) is 4.74 Å². The Bertz CT molecular complexity index is 729. The number of halogens is 24. The maximum absolute atomic E-state index is 14.1. The fourth-order valence-electron chi connectivity index (χ4n) is 2.47. The number of ether oxygens (including phenoxy) is 1. The average Bonchev–Trinajstić information content (AvgIpc) is 2.65. The number of hydrogen-bond acceptors (Lipinski definition) is 1. The van der Waals surface area contributed by atoms with Crippen LogP contribution >= 0.6 is 0 Å². The van der Waals surface area contributed by atoms with E-state index in [-0.39, 0.29) is 0 Å². The van der Waals surface area contributed by atoms with Crippen molar-refractivity contribution in [3.8, 4) is 0 Å². The van der Waals surface area contributed by atoms with Crippen molar-refractivity contribution in [2.24, 2.45) is 0 Å². The lowest BCUT2D eigenvalue weighted by Crippen LogP contribution is -2.70. The highest BCUT2D eigenvalue weighted by Gasteiger charge is 2.85. The molecule has 0 fully saturated rings. The van der Waals surface area contributed by atoms with Crippen LogP contribution in [0, 0.1) is 0 Å². The molecule has 4 unspecified atom stereocenters. The van der Waals surface area contributed by atoms with E-state index in [0.29, 0.717) is 0 Å². The summed E-state index contributed by atoms with van der Waals surface area (Å²) in [4.78, 5) is 0. The lowest BCUT2D eigenvalue weighted by molar-refractivity contribution is -0.390. The fraction of sp³-hybridized carbons (Fsp3) is 1.00. The van der Waals surface area contributed by atoms with Crippen molar-refractivity contribution in [1.82, 2.24) is 0 Å². The van der Waals surface area contributed by atoms with Gasteiger partial charge in [0.1, 0.15) is 0 Å². The van der Waals surface area contributed by atoms with E-state index in [4.69, 9.17) is 0 Å². The van der Waals surface area contributed by atoms with Gasteiger partial charge in [0, 0.05) is 0 Å². The van der Waals surface area contributed by atoms with Crippen LogP contribution in [0.15, 0.2) is 0 Å². The highest BCUT2D eigenvalue weighted by molar-refractivity contribution is 5.13. The molecule has 0 aliphatic carbocycles. The molecule has 0 rings (SSSR count). The summed E-state index contributed by atoms with van der Waals surface area (Å²) in [5.41, 5.74) is -30.1. The van der Waals surface area contributed by atoms with E-state index in [1.54, 1.807) is 0 Å². The van der Waals surface area contributed by atoms with Crippen LogP contribution in [0.2, 0.25) is 0 Å². The zero-order valence-electron chi connectivity index (χ0n) is 17.0. The molecular weight excluding hydrogens is 640 g/mol. The van der Waals surface area contributed by atoms with E-state index in [1.165, 1.54) is 0 Å². The third-order valence-corrected chi connectivity index (χ3v) is 4.72. The zero-order valence-corrected chi connectivity index (χ0v) is 17.0. The van der Waals surface area contributed by atoms with Crippen LogP contribution in [0.5, 0.6) is 0 Å². The standard InChI is InChI=1S/C14H6F24O/c15-3(7(19,11(27,28)29)12(30,31)32)5(17,9(21,22)23)1-39-2-6(18,10(24,25)26)4(16)8(20,13(33,34)35)14(36,37)38/h3-4H,1-2H2. The van der Waals surface area contributed by atoms with Gasteiger partial charge >= 0.3 is 48.4 Å². The van der Waals surface area contributed by atoms with Gasteiger partial charge in [-0.25, -0.2) is 26.3 Å². The van der Waals surface area contributed by atoms with Gasteiger partial charge in [-0.15, -0.1) is 0 Å². The number of hydrogen-bond donors (Lipinski definition) is 0. The first kappa shape index (κ1) is 37.3. The minimum absolute atomic E-state index is 2.63. The topological polar surface area (TPSA) is 9.23 Å². The van der Waals surface area contributed by atoms with Crippen LogP contribution in [0.3, 0.4) is 0 Å². The van der Waals surface area contributed by atoms with Crippen LogP contribution < -0.4 is 0 Å². The molecule has 236 valence electrons. The van der Waals surface area contributed by atoms with Gasteiger partial charge in [-0.05, 0) is 0 Å². The molecule has 0 bridgehead atoms. The van der Waals surface area contributed by atoms with Crippen molar-refractivity contribution in [2.75, 3.05) is 13.2 Å². The normalized spacial score (nSPS) is 20.3. The van der Waals surface area contributed by atoms with E-state index < -0.39 is 85.3 Å². The Hall–Kier alpha value is -1.72. The van der Waals surface area contributed by atoms with Crippen molar-refractivity contribution < 1.29 is 110 Å². The highest BCUT2D eigenvalue weighted by Crippen LogP contribution is 2.57. The van der Waals surface area contributed by atoms with Crippen molar-refractivity contribution in [3.63, 3.8) is 0 Å². The predicted octanol–water partition coefficient (Wildman–Crippen LogP) is 7.89. The summed E-state index contributed by atoms with van der Waals surface area (Å²) in [5, 5.41) is 0. The van der Waals surface area contributed by atoms with E-state index in [9.17, 15) is 105 Å². The van der Waals surface area contributed by atoms with Gasteiger partial charge in [0.2, 0.25) is 0 Å². The second-order valence-corrected chi connectivity index (χ2v) is 7.35. The molecule has 0 N–H and O–H groups in total. The molecule has 0 heterocycles. The first-order chi connectivity index (χ1) is 16.5. The summed E-state index contributed by atoms with van der Waals surface area (Å²) < 4.78 is 312. The maximum Gasteiger partial charge on any atom is 0.434 e. The molecule has 0 aliphatic rings. The molecule has 0 amide bonds. The lowest BCUT2D eigenvalue weighted by atomic mass is 9.84. The second kappa shape index (κ2) is 9.98. The monoisotopic (exact) mass is 646 g/mol. The molecule has 0 aromatic heterocycles. The van der Waals surface area contributed by atoms with Gasteiger partial charge < -0.3 is 4.74 Å². The van der Waals surface area contributed by atoms with E-state index >= 15 is 0 Å². The number of alkyl halides is 24. The minimum Gasteiger partial charge on any atom is -0.374 e. The molecule has 0 aliphatic heterocycles. The smallest absolute Gasteiger partial charge is 0.374 e. The molecule has 1 nitrogen and oxygen atoms in total. The highest BCUT2D eigenvalue weighted by atomic mass is 19.4. The van der Waals surface area contributed by atoms with Crippen molar-refractivity contribution in [3.05, 3.63) is 0 Å². The average molecular weight is 646 g/mol. The predicted molar refractivity (Wildman–Crippen MR) is 72.3 cm³/mol. The van der Waals surface area contributed by atoms with Gasteiger partial charge in [0.25, 0.3) is 11.3 Å². The first-order valence-corrected chi connectivity index (χ1v) is 8.53. The molecule has 25 heteroatoms. The quantitative estimate of drug-likeness (QED) is 0.244. The Balaban J connectivity index is 6.80. The molecule has 0 saturated heterocycles. The Morgan fingerprint density at radius 3 is 0.641 bits per heavy atom. The minimum atomic E-state index is -7.90. The largest absolute Gasteiger partial charge is 0.434 e. The summed E-state index contributed by atoms with van der Waals surface area (Å²) in [6.45, 7) is -8.44. The van der Waals surface area contributed by atoms with Crippen LogP contribution in [0.4, 0.5) is 105 Å². The second-order valence-electron chi connectivity index (χ2n) is 7.35. The van der Waals surface area contributed by atoms with E-state index in [1.807, 2.05) is 0 Å².